The molecule has 0 bridgehead atoms. The molecule has 3 nitrogen and oxygen atoms in total. The second-order valence-electron chi connectivity index (χ2n) is 28.8. The lowest BCUT2D eigenvalue weighted by molar-refractivity contribution is 0.569. The van der Waals surface area contributed by atoms with Gasteiger partial charge in [0.05, 0.1) is 16.7 Å². The molecular formula is C92H76BN3Si2. The van der Waals surface area contributed by atoms with Gasteiger partial charge in [-0.2, -0.15) is 0 Å². The van der Waals surface area contributed by atoms with Gasteiger partial charge in [0.2, 0.25) is 0 Å². The van der Waals surface area contributed by atoms with Gasteiger partial charge in [-0.05, 0) is 140 Å². The molecule has 6 heteroatoms. The Balaban J connectivity index is 1.03. The number of benzene rings is 14. The molecule has 0 aliphatic carbocycles. The summed E-state index contributed by atoms with van der Waals surface area (Å²) in [5, 5.41) is 13.2. The minimum Gasteiger partial charge on any atom is -0.311 e. The smallest absolute Gasteiger partial charge is 0.252 e. The highest BCUT2D eigenvalue weighted by atomic mass is 28.3. The van der Waals surface area contributed by atoms with Gasteiger partial charge in [-0.1, -0.05) is 339 Å². The van der Waals surface area contributed by atoms with Crippen LogP contribution in [-0.2, 0) is 10.8 Å². The van der Waals surface area contributed by atoms with Gasteiger partial charge in [0, 0.05) is 50.5 Å². The van der Waals surface area contributed by atoms with Gasteiger partial charge in [-0.15, -0.1) is 0 Å². The maximum atomic E-state index is 2.68. The minimum absolute atomic E-state index is 0.158. The maximum absolute atomic E-state index is 3.10. The number of hydrogen-bond donors (Lipinski definition) is 0. The molecule has 0 atom stereocenters. The van der Waals surface area contributed by atoms with E-state index in [-0.39, 0.29) is 17.5 Å². The number of anilines is 6. The Labute approximate surface area is 579 Å². The highest BCUT2D eigenvalue weighted by Gasteiger charge is 2.49. The maximum Gasteiger partial charge on any atom is 0.252 e. The average molecular weight is 1290 g/mol. The summed E-state index contributed by atoms with van der Waals surface area (Å²) in [5.41, 5.74) is 18.8. The Morgan fingerprint density at radius 1 is 0.276 bits per heavy atom. The van der Waals surface area contributed by atoms with Crippen LogP contribution in [0.2, 0.25) is 0 Å². The van der Waals surface area contributed by atoms with Crippen LogP contribution in [0.5, 0.6) is 0 Å². The zero-order valence-electron chi connectivity index (χ0n) is 56.4. The largest absolute Gasteiger partial charge is 0.311 e. The van der Waals surface area contributed by atoms with Crippen molar-refractivity contribution >= 4 is 137 Å². The molecule has 14 aromatic carbocycles. The second kappa shape index (κ2) is 24.0. The zero-order chi connectivity index (χ0) is 66.3. The summed E-state index contributed by atoms with van der Waals surface area (Å²) in [7, 11) is -6.04. The number of nitrogens with zero attached hydrogens (tertiary/aromatic N) is 3. The van der Waals surface area contributed by atoms with Crippen LogP contribution in [0, 0.1) is 0 Å². The van der Waals surface area contributed by atoms with Gasteiger partial charge in [0.15, 0.2) is 16.1 Å². The Morgan fingerprint density at radius 3 is 1.11 bits per heavy atom. The Kier molecular flexibility index (Phi) is 14.8. The normalized spacial score (nSPS) is 12.9. The average Bonchev–Trinajstić information content (AvgIpc) is 0.770. The van der Waals surface area contributed by atoms with Gasteiger partial charge in [-0.3, -0.25) is 0 Å². The third-order valence-electron chi connectivity index (χ3n) is 21.1. The van der Waals surface area contributed by atoms with Gasteiger partial charge < -0.3 is 14.4 Å². The molecule has 2 aliphatic rings. The van der Waals surface area contributed by atoms with Crippen molar-refractivity contribution in [3.05, 3.63) is 363 Å². The van der Waals surface area contributed by atoms with Gasteiger partial charge in [0.1, 0.15) is 0 Å². The van der Waals surface area contributed by atoms with Crippen LogP contribution >= 0.6 is 0 Å². The van der Waals surface area contributed by atoms with Crippen LogP contribution in [0.3, 0.4) is 0 Å². The molecular weight excluding hydrogens is 1210 g/mol. The topological polar surface area (TPSA) is 11.4 Å². The van der Waals surface area contributed by atoms with Crippen molar-refractivity contribution < 1.29 is 0 Å². The monoisotopic (exact) mass is 1290 g/mol. The van der Waals surface area contributed by atoms with Crippen molar-refractivity contribution in [1.29, 1.82) is 0 Å². The molecule has 17 rings (SSSR count). The van der Waals surface area contributed by atoms with E-state index < -0.39 is 16.1 Å². The summed E-state index contributed by atoms with van der Waals surface area (Å²) in [5.74, 6) is 0. The van der Waals surface area contributed by atoms with E-state index in [0.717, 1.165) is 28.4 Å². The van der Waals surface area contributed by atoms with E-state index in [4.69, 9.17) is 0 Å². The second-order valence-corrected chi connectivity index (χ2v) is 36.4. The highest BCUT2D eigenvalue weighted by Crippen LogP contribution is 2.49. The SMILES string of the molecule is CC(C)(C)c1cc(N2c3ccc([Si](c4ccccc4)(c4ccccc4)c4ccccc4)cc3B3c4cccc(-c5ccccc5)c4N(c4ccc([Si](c5ccccc5)(c5ccccc5)c5ccccc5)cc4)c4cc(-n5c6ccccc6c6ccccc65)cc2c43)cc(C(C)(C)C)c1. The van der Waals surface area contributed by atoms with Crippen molar-refractivity contribution in [2.45, 2.75) is 52.4 Å². The van der Waals surface area contributed by atoms with E-state index in [1.165, 1.54) is 113 Å². The quantitative estimate of drug-likeness (QED) is 0.0892. The molecule has 0 unspecified atom stereocenters. The zero-order valence-corrected chi connectivity index (χ0v) is 58.4. The summed E-state index contributed by atoms with van der Waals surface area (Å²) in [6.45, 7) is 14.0. The van der Waals surface area contributed by atoms with E-state index >= 15 is 0 Å². The first-order chi connectivity index (χ1) is 47.9. The molecule has 2 aliphatic heterocycles. The van der Waals surface area contributed by atoms with E-state index in [1.807, 2.05) is 0 Å². The van der Waals surface area contributed by atoms with Crippen LogP contribution in [0.25, 0.3) is 38.6 Å². The molecule has 0 amide bonds. The summed E-state index contributed by atoms with van der Waals surface area (Å²) < 4.78 is 2.54. The van der Waals surface area contributed by atoms with Crippen molar-refractivity contribution in [2.75, 3.05) is 9.80 Å². The molecule has 98 heavy (non-hydrogen) atoms. The standard InChI is InChI=1S/C92H76BN3Si2/c1-91(2,3)66-59-67(92(4,5)6)61-69(60-66)95-86-58-57-78(98(74-41-22-11-23-42-74,75-43-24-12-25-44-75)76-45-26-13-27-46-76)64-83(86)93-82-50-32-49-79(65-33-14-7-15-34-65)90(82)96(88-63-70(62-87(95)89(88)93)94-84-51-30-28-47-80(84)81-48-29-31-52-85(81)94)68-53-55-77(56-54-68)97(71-35-16-8-17-36-71,72-37-18-9-19-38-72)73-39-20-10-21-40-73/h7-64H,1-6H3. The van der Waals surface area contributed by atoms with Crippen molar-refractivity contribution in [3.8, 4) is 16.8 Å². The molecule has 470 valence electrons. The van der Waals surface area contributed by atoms with Crippen LogP contribution in [-0.4, -0.2) is 27.4 Å². The molecule has 1 aromatic heterocycles. The minimum atomic E-state index is -3.10. The molecule has 15 aromatic rings. The third kappa shape index (κ3) is 9.75. The highest BCUT2D eigenvalue weighted by molar-refractivity contribution is 7.20. The van der Waals surface area contributed by atoms with Crippen LogP contribution in [0.1, 0.15) is 52.7 Å². The van der Waals surface area contributed by atoms with E-state index in [1.54, 1.807) is 0 Å². The number of hydrogen-bond acceptors (Lipinski definition) is 2. The first kappa shape index (κ1) is 60.6. The van der Waals surface area contributed by atoms with E-state index in [2.05, 4.69) is 408 Å². The third-order valence-corrected chi connectivity index (χ3v) is 30.7. The molecule has 0 saturated carbocycles. The predicted octanol–water partition coefficient (Wildman–Crippen LogP) is 15.9. The summed E-state index contributed by atoms with van der Waals surface area (Å²) in [6, 6.07) is 135. The van der Waals surface area contributed by atoms with Crippen molar-refractivity contribution in [1.82, 2.24) is 4.57 Å². The van der Waals surface area contributed by atoms with E-state index in [0.29, 0.717) is 0 Å². The first-order valence-corrected chi connectivity index (χ1v) is 38.6. The van der Waals surface area contributed by atoms with E-state index in [9.17, 15) is 0 Å². The molecule has 0 fully saturated rings. The molecule has 3 heterocycles. The van der Waals surface area contributed by atoms with Crippen LogP contribution in [0.4, 0.5) is 34.1 Å². The Bertz CT molecular complexity index is 5180. The summed E-state index contributed by atoms with van der Waals surface area (Å²) in [6.07, 6.45) is 0. The lowest BCUT2D eigenvalue weighted by atomic mass is 9.33. The molecule has 0 saturated heterocycles. The van der Waals surface area contributed by atoms with Crippen molar-refractivity contribution in [2.24, 2.45) is 0 Å². The Hall–Kier alpha value is -11.0. The number of para-hydroxylation sites is 3. The Morgan fingerprint density at radius 2 is 0.663 bits per heavy atom. The predicted molar refractivity (Wildman–Crippen MR) is 425 cm³/mol. The van der Waals surface area contributed by atoms with Gasteiger partial charge in [0.25, 0.3) is 6.71 Å². The van der Waals surface area contributed by atoms with Gasteiger partial charge >= 0.3 is 0 Å². The number of rotatable bonds is 12. The van der Waals surface area contributed by atoms with Crippen LogP contribution in [0.15, 0.2) is 352 Å². The summed E-state index contributed by atoms with van der Waals surface area (Å²) >= 11 is 0. The van der Waals surface area contributed by atoms with Crippen LogP contribution < -0.4 is 67.7 Å². The number of aromatic nitrogens is 1. The fourth-order valence-electron chi connectivity index (χ4n) is 16.6. The summed E-state index contributed by atoms with van der Waals surface area (Å²) in [4.78, 5) is 5.35. The lowest BCUT2D eigenvalue weighted by Crippen LogP contribution is -2.75. The molecule has 0 spiro atoms. The molecule has 0 N–H and O–H groups in total. The van der Waals surface area contributed by atoms with Gasteiger partial charge in [-0.25, -0.2) is 0 Å². The fraction of sp³-hybridized carbons (Fsp3) is 0.0870. The first-order valence-electron chi connectivity index (χ1n) is 34.6. The molecule has 0 radical (unpaired) electrons. The fourth-order valence-corrected chi connectivity index (χ4v) is 26.1. The lowest BCUT2D eigenvalue weighted by Gasteiger charge is -2.46. The number of fused-ring (bicyclic) bond motifs is 7. The van der Waals surface area contributed by atoms with Crippen molar-refractivity contribution in [3.63, 3.8) is 0 Å².